The number of hydrogen-bond donors (Lipinski definition) is 2. The van der Waals surface area contributed by atoms with Crippen molar-refractivity contribution < 1.29 is 9.90 Å². The molecule has 1 aromatic rings. The molecule has 3 nitrogen and oxygen atoms in total. The van der Waals surface area contributed by atoms with Crippen molar-refractivity contribution in [3.8, 4) is 0 Å². The molecule has 0 radical (unpaired) electrons. The Morgan fingerprint density at radius 3 is 2.85 bits per heavy atom. The van der Waals surface area contributed by atoms with E-state index in [1.54, 1.807) is 11.8 Å². The summed E-state index contributed by atoms with van der Waals surface area (Å²) in [5.41, 5.74) is 0.798. The number of aliphatic hydroxyl groups excluding tert-OH is 1. The molecule has 112 valence electrons. The first kappa shape index (κ1) is 17.3. The van der Waals surface area contributed by atoms with Gasteiger partial charge in [-0.2, -0.15) is 0 Å². The van der Waals surface area contributed by atoms with Gasteiger partial charge in [0.2, 0.25) is 5.91 Å². The van der Waals surface area contributed by atoms with E-state index >= 15 is 0 Å². The molecule has 0 fully saturated rings. The Morgan fingerprint density at radius 1 is 1.50 bits per heavy atom. The van der Waals surface area contributed by atoms with Gasteiger partial charge in [0.15, 0.2) is 0 Å². The van der Waals surface area contributed by atoms with E-state index in [2.05, 4.69) is 5.32 Å². The second-order valence-corrected chi connectivity index (χ2v) is 6.48. The molecule has 0 saturated heterocycles. The largest absolute Gasteiger partial charge is 0.396 e. The molecule has 1 amide bonds. The first-order valence-electron chi connectivity index (χ1n) is 6.73. The molecule has 0 aliphatic heterocycles. The van der Waals surface area contributed by atoms with E-state index in [1.165, 1.54) is 0 Å². The number of carbonyl (C=O) groups excluding carboxylic acids is 1. The van der Waals surface area contributed by atoms with Crippen molar-refractivity contribution in [2.24, 2.45) is 0 Å². The lowest BCUT2D eigenvalue weighted by atomic mass is 9.95. The molecule has 0 bridgehead atoms. The van der Waals surface area contributed by atoms with Crippen LogP contribution in [0.4, 0.5) is 0 Å². The van der Waals surface area contributed by atoms with Crippen molar-refractivity contribution in [1.29, 1.82) is 0 Å². The first-order valence-corrected chi connectivity index (χ1v) is 8.26. The van der Waals surface area contributed by atoms with E-state index in [9.17, 15) is 4.79 Å². The van der Waals surface area contributed by atoms with Gasteiger partial charge in [-0.3, -0.25) is 4.79 Å². The van der Waals surface area contributed by atoms with Gasteiger partial charge in [-0.15, -0.1) is 11.8 Å². The smallest absolute Gasteiger partial charge is 0.230 e. The number of rotatable bonds is 8. The molecule has 0 saturated carbocycles. The van der Waals surface area contributed by atoms with Gasteiger partial charge in [0, 0.05) is 22.9 Å². The van der Waals surface area contributed by atoms with Crippen LogP contribution < -0.4 is 5.32 Å². The second-order valence-electron chi connectivity index (χ2n) is 5.06. The quantitative estimate of drug-likeness (QED) is 0.774. The van der Waals surface area contributed by atoms with Gasteiger partial charge in [0.25, 0.3) is 0 Å². The van der Waals surface area contributed by atoms with Crippen LogP contribution in [0, 0.1) is 0 Å². The van der Waals surface area contributed by atoms with Crippen molar-refractivity contribution in [1.82, 2.24) is 5.32 Å². The molecule has 2 N–H and O–H groups in total. The van der Waals surface area contributed by atoms with Crippen LogP contribution in [0.2, 0.25) is 5.02 Å². The van der Waals surface area contributed by atoms with Crippen LogP contribution in [-0.2, 0) is 10.5 Å². The van der Waals surface area contributed by atoms with Crippen molar-refractivity contribution >= 4 is 29.3 Å². The minimum Gasteiger partial charge on any atom is -0.396 e. The van der Waals surface area contributed by atoms with Crippen molar-refractivity contribution in [3.05, 3.63) is 34.9 Å². The fraction of sp³-hybridized carbons (Fsp3) is 0.533. The van der Waals surface area contributed by atoms with E-state index < -0.39 is 0 Å². The van der Waals surface area contributed by atoms with Gasteiger partial charge >= 0.3 is 0 Å². The minimum absolute atomic E-state index is 0.00910. The predicted molar refractivity (Wildman–Crippen MR) is 86.2 cm³/mol. The van der Waals surface area contributed by atoms with Crippen LogP contribution in [0.1, 0.15) is 32.3 Å². The Hall–Kier alpha value is -0.710. The number of hydrogen-bond acceptors (Lipinski definition) is 3. The maximum absolute atomic E-state index is 11.9. The van der Waals surface area contributed by atoms with Crippen LogP contribution in [0.3, 0.4) is 0 Å². The topological polar surface area (TPSA) is 49.3 Å². The molecule has 1 unspecified atom stereocenters. The molecule has 0 aliphatic rings. The number of aliphatic hydroxyl groups is 1. The number of amides is 1. The zero-order valence-corrected chi connectivity index (χ0v) is 13.6. The maximum atomic E-state index is 11.9. The zero-order valence-electron chi connectivity index (χ0n) is 12.0. The minimum atomic E-state index is -0.317. The highest BCUT2D eigenvalue weighted by Crippen LogP contribution is 2.18. The third-order valence-electron chi connectivity index (χ3n) is 3.28. The zero-order chi connectivity index (χ0) is 15.0. The van der Waals surface area contributed by atoms with E-state index in [-0.39, 0.29) is 18.1 Å². The Labute approximate surface area is 130 Å². The fourth-order valence-corrected chi connectivity index (χ4v) is 2.82. The molecule has 5 heteroatoms. The van der Waals surface area contributed by atoms with E-state index in [0.717, 1.165) is 17.7 Å². The van der Waals surface area contributed by atoms with Gasteiger partial charge in [-0.05, 0) is 37.5 Å². The highest BCUT2D eigenvalue weighted by Gasteiger charge is 2.23. The number of carbonyl (C=O) groups is 1. The molecule has 0 spiro atoms. The molecular formula is C15H22ClNO2S. The van der Waals surface area contributed by atoms with Gasteiger partial charge in [0.1, 0.15) is 0 Å². The number of halogens is 1. The van der Waals surface area contributed by atoms with Crippen LogP contribution in [0.25, 0.3) is 0 Å². The fourth-order valence-electron chi connectivity index (χ4n) is 1.84. The molecule has 0 aliphatic carbocycles. The maximum Gasteiger partial charge on any atom is 0.230 e. The standard InChI is InChI=1S/C15H22ClNO2S/c1-3-15(2,7-8-18)17-14(19)11-20-10-12-5-4-6-13(16)9-12/h4-6,9,18H,3,7-8,10-11H2,1-2H3,(H,17,19). The summed E-state index contributed by atoms with van der Waals surface area (Å²) in [5, 5.41) is 12.7. The van der Waals surface area contributed by atoms with Crippen molar-refractivity contribution in [2.45, 2.75) is 38.0 Å². The number of benzene rings is 1. The predicted octanol–water partition coefficient (Wildman–Crippen LogP) is 3.24. The van der Waals surface area contributed by atoms with Crippen LogP contribution in [0.5, 0.6) is 0 Å². The van der Waals surface area contributed by atoms with Crippen LogP contribution in [-0.4, -0.2) is 28.9 Å². The molecule has 1 rings (SSSR count). The van der Waals surface area contributed by atoms with Crippen LogP contribution >= 0.6 is 23.4 Å². The van der Waals surface area contributed by atoms with E-state index in [1.807, 2.05) is 38.1 Å². The monoisotopic (exact) mass is 315 g/mol. The van der Waals surface area contributed by atoms with E-state index in [4.69, 9.17) is 16.7 Å². The molecular weight excluding hydrogens is 294 g/mol. The van der Waals surface area contributed by atoms with Gasteiger partial charge in [-0.1, -0.05) is 30.7 Å². The van der Waals surface area contributed by atoms with Gasteiger partial charge in [-0.25, -0.2) is 0 Å². The normalized spacial score (nSPS) is 13.8. The summed E-state index contributed by atoms with van der Waals surface area (Å²) in [6.07, 6.45) is 1.38. The number of thioether (sulfide) groups is 1. The summed E-state index contributed by atoms with van der Waals surface area (Å²) in [5.74, 6) is 1.18. The summed E-state index contributed by atoms with van der Waals surface area (Å²) in [7, 11) is 0. The SMILES string of the molecule is CCC(C)(CCO)NC(=O)CSCc1cccc(Cl)c1. The highest BCUT2D eigenvalue weighted by atomic mass is 35.5. The van der Waals surface area contributed by atoms with Crippen LogP contribution in [0.15, 0.2) is 24.3 Å². The molecule has 1 atom stereocenters. The molecule has 0 heterocycles. The lowest BCUT2D eigenvalue weighted by Gasteiger charge is -2.28. The Morgan fingerprint density at radius 2 is 2.25 bits per heavy atom. The third kappa shape index (κ3) is 6.16. The summed E-state index contributed by atoms with van der Waals surface area (Å²) < 4.78 is 0. The summed E-state index contributed by atoms with van der Waals surface area (Å²) in [6.45, 7) is 4.05. The van der Waals surface area contributed by atoms with Crippen molar-refractivity contribution in [2.75, 3.05) is 12.4 Å². The average Bonchev–Trinajstić information content (AvgIpc) is 2.39. The van der Waals surface area contributed by atoms with Gasteiger partial charge < -0.3 is 10.4 Å². The molecule has 0 aromatic heterocycles. The Balaban J connectivity index is 2.36. The average molecular weight is 316 g/mol. The number of nitrogens with one attached hydrogen (secondary N) is 1. The Kier molecular flexibility index (Phi) is 7.41. The van der Waals surface area contributed by atoms with Crippen molar-refractivity contribution in [3.63, 3.8) is 0 Å². The summed E-state index contributed by atoms with van der Waals surface area (Å²) in [4.78, 5) is 11.9. The first-order chi connectivity index (χ1) is 9.49. The second kappa shape index (κ2) is 8.55. The molecule has 20 heavy (non-hydrogen) atoms. The Bertz CT molecular complexity index is 442. The lowest BCUT2D eigenvalue weighted by molar-refractivity contribution is -0.120. The molecule has 1 aromatic carbocycles. The summed E-state index contributed by atoms with van der Waals surface area (Å²) in [6, 6.07) is 7.66. The summed E-state index contributed by atoms with van der Waals surface area (Å²) >= 11 is 7.47. The van der Waals surface area contributed by atoms with E-state index in [0.29, 0.717) is 17.2 Å². The third-order valence-corrected chi connectivity index (χ3v) is 4.51. The lowest BCUT2D eigenvalue weighted by Crippen LogP contribution is -2.46. The highest BCUT2D eigenvalue weighted by molar-refractivity contribution is 7.99. The van der Waals surface area contributed by atoms with Gasteiger partial charge in [0.05, 0.1) is 5.75 Å².